The molecule has 2 aromatic rings. The highest BCUT2D eigenvalue weighted by Gasteiger charge is 2.33. The Hall–Kier alpha value is -2.28. The van der Waals surface area contributed by atoms with Crippen molar-refractivity contribution in [2.45, 2.75) is 58.5 Å². The standard InChI is InChI=1S/C29H37Cl2N3O3/c1-20-15-23(9-12-27(20)37-14-13-34-28(35)19-32(3)29(34)36)18-33(17-22-7-5-4-6-8-22)21(2)24-10-11-25(30)26(31)16-24/h9-12,15-16,21-22H,4-8,13-14,17-19H2,1-3H3. The second kappa shape index (κ2) is 12.5. The third kappa shape index (κ3) is 6.98. The van der Waals surface area contributed by atoms with Gasteiger partial charge in [-0.15, -0.1) is 0 Å². The largest absolute Gasteiger partial charge is 0.491 e. The number of halogens is 2. The van der Waals surface area contributed by atoms with Crippen LogP contribution in [-0.2, 0) is 11.3 Å². The normalized spacial score (nSPS) is 17.7. The maximum absolute atomic E-state index is 12.1. The quantitative estimate of drug-likeness (QED) is 0.311. The Bertz CT molecular complexity index is 1120. The fourth-order valence-electron chi connectivity index (χ4n) is 5.39. The van der Waals surface area contributed by atoms with Crippen molar-refractivity contribution in [1.29, 1.82) is 0 Å². The van der Waals surface area contributed by atoms with Crippen LogP contribution in [0.1, 0.15) is 61.8 Å². The number of imide groups is 1. The van der Waals surface area contributed by atoms with Crippen LogP contribution in [0.4, 0.5) is 4.79 Å². The van der Waals surface area contributed by atoms with E-state index in [0.29, 0.717) is 16.0 Å². The van der Waals surface area contributed by atoms with E-state index < -0.39 is 0 Å². The lowest BCUT2D eigenvalue weighted by atomic mass is 9.88. The molecule has 6 nitrogen and oxygen atoms in total. The fraction of sp³-hybridized carbons (Fsp3) is 0.517. The number of carbonyl (C=O) groups is 2. The predicted octanol–water partition coefficient (Wildman–Crippen LogP) is 6.72. The third-order valence-electron chi connectivity index (χ3n) is 7.62. The number of aryl methyl sites for hydroxylation is 1. The molecule has 1 aliphatic heterocycles. The highest BCUT2D eigenvalue weighted by Crippen LogP contribution is 2.32. The zero-order valence-corrected chi connectivity index (χ0v) is 23.5. The lowest BCUT2D eigenvalue weighted by molar-refractivity contribution is -0.125. The van der Waals surface area contributed by atoms with Crippen molar-refractivity contribution in [3.8, 4) is 5.75 Å². The van der Waals surface area contributed by atoms with Crippen molar-refractivity contribution in [3.05, 3.63) is 63.1 Å². The van der Waals surface area contributed by atoms with Crippen LogP contribution in [0.2, 0.25) is 10.0 Å². The van der Waals surface area contributed by atoms with Crippen molar-refractivity contribution < 1.29 is 14.3 Å². The summed E-state index contributed by atoms with van der Waals surface area (Å²) >= 11 is 12.5. The molecule has 1 atom stereocenters. The lowest BCUT2D eigenvalue weighted by Crippen LogP contribution is -2.35. The minimum absolute atomic E-state index is 0.130. The second-order valence-electron chi connectivity index (χ2n) is 10.4. The summed E-state index contributed by atoms with van der Waals surface area (Å²) in [5.74, 6) is 1.29. The summed E-state index contributed by atoms with van der Waals surface area (Å²) in [6.45, 7) is 6.79. The van der Waals surface area contributed by atoms with Crippen molar-refractivity contribution in [1.82, 2.24) is 14.7 Å². The van der Waals surface area contributed by atoms with Gasteiger partial charge in [-0.2, -0.15) is 0 Å². The van der Waals surface area contributed by atoms with Crippen LogP contribution < -0.4 is 4.74 Å². The Kier molecular flexibility index (Phi) is 9.38. The number of amides is 3. The molecule has 37 heavy (non-hydrogen) atoms. The summed E-state index contributed by atoms with van der Waals surface area (Å²) in [6, 6.07) is 12.1. The van der Waals surface area contributed by atoms with Gasteiger partial charge in [-0.1, -0.05) is 60.7 Å². The number of carbonyl (C=O) groups excluding carboxylic acids is 2. The molecule has 0 bridgehead atoms. The van der Waals surface area contributed by atoms with Crippen LogP contribution in [0, 0.1) is 12.8 Å². The van der Waals surface area contributed by atoms with Crippen LogP contribution in [0.15, 0.2) is 36.4 Å². The topological polar surface area (TPSA) is 53.1 Å². The van der Waals surface area contributed by atoms with Gasteiger partial charge in [0.1, 0.15) is 18.9 Å². The summed E-state index contributed by atoms with van der Waals surface area (Å²) in [6.07, 6.45) is 6.55. The number of hydrogen-bond acceptors (Lipinski definition) is 4. The third-order valence-corrected chi connectivity index (χ3v) is 8.36. The average molecular weight is 547 g/mol. The summed E-state index contributed by atoms with van der Waals surface area (Å²) in [4.78, 5) is 29.3. The van der Waals surface area contributed by atoms with Gasteiger partial charge in [0.05, 0.1) is 16.6 Å². The number of benzene rings is 2. The molecule has 1 saturated carbocycles. The molecule has 3 amide bonds. The van der Waals surface area contributed by atoms with Gasteiger partial charge in [0, 0.05) is 26.2 Å². The molecule has 1 saturated heterocycles. The van der Waals surface area contributed by atoms with Gasteiger partial charge in [0.2, 0.25) is 5.91 Å². The number of hydrogen-bond donors (Lipinski definition) is 0. The van der Waals surface area contributed by atoms with E-state index >= 15 is 0 Å². The van der Waals surface area contributed by atoms with Gasteiger partial charge >= 0.3 is 6.03 Å². The molecule has 0 N–H and O–H groups in total. The molecule has 1 unspecified atom stereocenters. The van der Waals surface area contributed by atoms with Crippen LogP contribution in [0.3, 0.4) is 0 Å². The average Bonchev–Trinajstić information content (AvgIpc) is 3.12. The van der Waals surface area contributed by atoms with Gasteiger partial charge < -0.3 is 9.64 Å². The Morgan fingerprint density at radius 3 is 2.46 bits per heavy atom. The molecule has 0 spiro atoms. The zero-order valence-electron chi connectivity index (χ0n) is 22.0. The van der Waals surface area contributed by atoms with Crippen molar-refractivity contribution in [3.63, 3.8) is 0 Å². The molecule has 200 valence electrons. The zero-order chi connectivity index (χ0) is 26.5. The molecule has 1 heterocycles. The van der Waals surface area contributed by atoms with Gasteiger partial charge in [-0.25, -0.2) is 4.79 Å². The molecule has 0 radical (unpaired) electrons. The molecule has 1 aliphatic carbocycles. The minimum atomic E-state index is -0.269. The molecule has 2 aliphatic rings. The SMILES string of the molecule is Cc1cc(CN(CC2CCCCC2)C(C)c2ccc(Cl)c(Cl)c2)ccc1OCCN1C(=O)CN(C)C1=O. The van der Waals surface area contributed by atoms with E-state index in [4.69, 9.17) is 27.9 Å². The van der Waals surface area contributed by atoms with Crippen LogP contribution in [0.5, 0.6) is 5.75 Å². The number of ether oxygens (including phenoxy) is 1. The van der Waals surface area contributed by atoms with Gasteiger partial charge in [-0.3, -0.25) is 14.6 Å². The summed E-state index contributed by atoms with van der Waals surface area (Å²) < 4.78 is 5.95. The Morgan fingerprint density at radius 1 is 1.05 bits per heavy atom. The fourth-order valence-corrected chi connectivity index (χ4v) is 5.69. The summed E-state index contributed by atoms with van der Waals surface area (Å²) in [5, 5.41) is 1.16. The second-order valence-corrected chi connectivity index (χ2v) is 11.2. The van der Waals surface area contributed by atoms with Crippen molar-refractivity contribution in [2.24, 2.45) is 5.92 Å². The maximum Gasteiger partial charge on any atom is 0.327 e. The highest BCUT2D eigenvalue weighted by atomic mass is 35.5. The molecule has 4 rings (SSSR count). The first-order valence-corrected chi connectivity index (χ1v) is 14.0. The number of rotatable bonds is 10. The monoisotopic (exact) mass is 545 g/mol. The van der Waals surface area contributed by atoms with Crippen LogP contribution in [0.25, 0.3) is 0 Å². The van der Waals surface area contributed by atoms with E-state index in [1.165, 1.54) is 53.0 Å². The smallest absolute Gasteiger partial charge is 0.327 e. The molecular weight excluding hydrogens is 509 g/mol. The maximum atomic E-state index is 12.1. The Balaban J connectivity index is 1.43. The van der Waals surface area contributed by atoms with E-state index in [2.05, 4.69) is 30.0 Å². The van der Waals surface area contributed by atoms with Gasteiger partial charge in [0.25, 0.3) is 0 Å². The van der Waals surface area contributed by atoms with Crippen LogP contribution >= 0.6 is 23.2 Å². The minimum Gasteiger partial charge on any atom is -0.491 e. The van der Waals surface area contributed by atoms with Crippen molar-refractivity contribution in [2.75, 3.05) is 33.3 Å². The number of nitrogens with zero attached hydrogens (tertiary/aromatic N) is 3. The first-order valence-electron chi connectivity index (χ1n) is 13.2. The number of urea groups is 1. The Labute approximate surface area is 230 Å². The van der Waals surface area contributed by atoms with E-state index in [1.807, 2.05) is 25.1 Å². The summed E-state index contributed by atoms with van der Waals surface area (Å²) in [5.41, 5.74) is 3.42. The lowest BCUT2D eigenvalue weighted by Gasteiger charge is -2.34. The van der Waals surface area contributed by atoms with Gasteiger partial charge in [0.15, 0.2) is 0 Å². The Morgan fingerprint density at radius 2 is 1.81 bits per heavy atom. The van der Waals surface area contributed by atoms with E-state index in [0.717, 1.165) is 24.4 Å². The van der Waals surface area contributed by atoms with E-state index in [1.54, 1.807) is 7.05 Å². The molecule has 2 aromatic carbocycles. The highest BCUT2D eigenvalue weighted by molar-refractivity contribution is 6.42. The van der Waals surface area contributed by atoms with Gasteiger partial charge in [-0.05, 0) is 67.5 Å². The number of likely N-dealkylation sites (N-methyl/N-ethyl adjacent to an activating group) is 1. The first-order chi connectivity index (χ1) is 17.7. The summed E-state index contributed by atoms with van der Waals surface area (Å²) in [7, 11) is 1.63. The van der Waals surface area contributed by atoms with E-state index in [9.17, 15) is 9.59 Å². The first kappa shape index (κ1) is 27.7. The molecule has 0 aromatic heterocycles. The molecule has 2 fully saturated rings. The molecular formula is C29H37Cl2N3O3. The van der Waals surface area contributed by atoms with E-state index in [-0.39, 0.29) is 37.7 Å². The van der Waals surface area contributed by atoms with Crippen molar-refractivity contribution >= 4 is 35.1 Å². The molecule has 8 heteroatoms. The van der Waals surface area contributed by atoms with Crippen LogP contribution in [-0.4, -0.2) is 59.9 Å². The predicted molar refractivity (Wildman–Crippen MR) is 148 cm³/mol.